The van der Waals surface area contributed by atoms with Crippen LogP contribution in [0.5, 0.6) is 0 Å². The summed E-state index contributed by atoms with van der Waals surface area (Å²) in [5.74, 6) is -1.08. The van der Waals surface area contributed by atoms with Gasteiger partial charge in [0.15, 0.2) is 0 Å². The van der Waals surface area contributed by atoms with Crippen molar-refractivity contribution in [3.63, 3.8) is 0 Å². The Morgan fingerprint density at radius 1 is 1.00 bits per heavy atom. The Balaban J connectivity index is 2.49. The second-order valence-electron chi connectivity index (χ2n) is 5.69. The molecule has 1 fully saturated rings. The minimum absolute atomic E-state index is 0.161. The van der Waals surface area contributed by atoms with Gasteiger partial charge >= 0.3 is 12.4 Å². The molecule has 0 radical (unpaired) electrons. The molecule has 2 rings (SSSR count). The van der Waals surface area contributed by atoms with E-state index in [1.807, 2.05) is 0 Å². The Hall–Kier alpha value is -1.31. The number of hydrogen-bond donors (Lipinski definition) is 0. The van der Waals surface area contributed by atoms with Crippen molar-refractivity contribution in [2.45, 2.75) is 50.1 Å². The number of pyridine rings is 1. The lowest BCUT2D eigenvalue weighted by Gasteiger charge is -2.43. The zero-order chi connectivity index (χ0) is 17.1. The Kier molecular flexibility index (Phi) is 5.23. The molecule has 1 heterocycles. The highest BCUT2D eigenvalue weighted by Crippen LogP contribution is 2.52. The summed E-state index contributed by atoms with van der Waals surface area (Å²) in [5, 5.41) is 0. The number of nitrogens with zero attached hydrogens (tertiary/aromatic N) is 1. The van der Waals surface area contributed by atoms with E-state index >= 15 is 0 Å². The first-order valence-corrected chi connectivity index (χ1v) is 7.36. The van der Waals surface area contributed by atoms with Crippen molar-refractivity contribution in [2.24, 2.45) is 5.92 Å². The molecule has 0 aromatic carbocycles. The molecule has 1 aliphatic rings. The van der Waals surface area contributed by atoms with Gasteiger partial charge in [0.1, 0.15) is 6.61 Å². The Bertz CT molecular complexity index is 495. The van der Waals surface area contributed by atoms with E-state index in [4.69, 9.17) is 0 Å². The summed E-state index contributed by atoms with van der Waals surface area (Å²) in [6.07, 6.45) is -6.55. The van der Waals surface area contributed by atoms with Gasteiger partial charge in [0.25, 0.3) is 0 Å². The van der Waals surface area contributed by atoms with E-state index in [2.05, 4.69) is 9.72 Å². The van der Waals surface area contributed by atoms with E-state index in [1.54, 1.807) is 0 Å². The maximum absolute atomic E-state index is 13.9. The maximum Gasteiger partial charge on any atom is 0.423 e. The predicted octanol–water partition coefficient (Wildman–Crippen LogP) is 5.00. The number of halogens is 6. The SMILES string of the molecule is FC(F)(F)COC(c1ccccn1)(C1CCCCC1)C(F)(F)F. The summed E-state index contributed by atoms with van der Waals surface area (Å²) in [6.45, 7) is -1.96. The zero-order valence-corrected chi connectivity index (χ0v) is 12.3. The van der Waals surface area contributed by atoms with Gasteiger partial charge in [0, 0.05) is 12.1 Å². The Morgan fingerprint density at radius 2 is 1.65 bits per heavy atom. The van der Waals surface area contributed by atoms with Gasteiger partial charge in [0.05, 0.1) is 5.69 Å². The van der Waals surface area contributed by atoms with Crippen molar-refractivity contribution in [3.05, 3.63) is 30.1 Å². The second-order valence-corrected chi connectivity index (χ2v) is 5.69. The smallest absolute Gasteiger partial charge is 0.350 e. The predicted molar refractivity (Wildman–Crippen MR) is 70.6 cm³/mol. The molecule has 23 heavy (non-hydrogen) atoms. The molecule has 130 valence electrons. The molecule has 1 aromatic rings. The average Bonchev–Trinajstić information content (AvgIpc) is 2.47. The van der Waals surface area contributed by atoms with Crippen LogP contribution in [0.15, 0.2) is 24.4 Å². The molecule has 1 atom stereocenters. The fraction of sp³-hybridized carbons (Fsp3) is 0.667. The van der Waals surface area contributed by atoms with Gasteiger partial charge in [-0.2, -0.15) is 26.3 Å². The van der Waals surface area contributed by atoms with Crippen LogP contribution >= 0.6 is 0 Å². The van der Waals surface area contributed by atoms with Crippen LogP contribution in [0.2, 0.25) is 0 Å². The highest BCUT2D eigenvalue weighted by atomic mass is 19.4. The topological polar surface area (TPSA) is 22.1 Å². The van der Waals surface area contributed by atoms with Crippen molar-refractivity contribution in [2.75, 3.05) is 6.61 Å². The van der Waals surface area contributed by atoms with Crippen molar-refractivity contribution in [3.8, 4) is 0 Å². The first-order valence-electron chi connectivity index (χ1n) is 7.36. The molecule has 1 saturated carbocycles. The molecule has 1 unspecified atom stereocenters. The van der Waals surface area contributed by atoms with E-state index in [1.165, 1.54) is 12.1 Å². The first-order chi connectivity index (χ1) is 10.7. The van der Waals surface area contributed by atoms with Crippen molar-refractivity contribution in [1.29, 1.82) is 0 Å². The molecule has 1 aromatic heterocycles. The monoisotopic (exact) mass is 341 g/mol. The number of alkyl halides is 6. The van der Waals surface area contributed by atoms with E-state index in [0.717, 1.165) is 18.7 Å². The van der Waals surface area contributed by atoms with Crippen LogP contribution in [0.25, 0.3) is 0 Å². The highest BCUT2D eigenvalue weighted by Gasteiger charge is 2.63. The summed E-state index contributed by atoms with van der Waals surface area (Å²) in [4.78, 5) is 3.68. The third-order valence-corrected chi connectivity index (χ3v) is 4.11. The van der Waals surface area contributed by atoms with E-state index in [-0.39, 0.29) is 12.8 Å². The minimum atomic E-state index is -4.99. The fourth-order valence-corrected chi connectivity index (χ4v) is 3.15. The van der Waals surface area contributed by atoms with Gasteiger partial charge in [-0.1, -0.05) is 25.3 Å². The van der Waals surface area contributed by atoms with E-state index in [9.17, 15) is 26.3 Å². The van der Waals surface area contributed by atoms with Crippen molar-refractivity contribution < 1.29 is 31.1 Å². The lowest BCUT2D eigenvalue weighted by atomic mass is 9.74. The van der Waals surface area contributed by atoms with Crippen LogP contribution in [-0.2, 0) is 10.3 Å². The lowest BCUT2D eigenvalue weighted by molar-refractivity contribution is -0.331. The van der Waals surface area contributed by atoms with E-state index in [0.29, 0.717) is 12.8 Å². The van der Waals surface area contributed by atoms with E-state index < -0.39 is 36.2 Å². The molecular formula is C15H17F6NO. The quantitative estimate of drug-likeness (QED) is 0.719. The summed E-state index contributed by atoms with van der Waals surface area (Å²) >= 11 is 0. The van der Waals surface area contributed by atoms with Crippen LogP contribution in [0, 0.1) is 5.92 Å². The molecule has 0 spiro atoms. The molecular weight excluding hydrogens is 324 g/mol. The highest BCUT2D eigenvalue weighted by molar-refractivity contribution is 5.18. The molecule has 1 aliphatic carbocycles. The second kappa shape index (κ2) is 6.67. The van der Waals surface area contributed by atoms with Gasteiger partial charge in [-0.25, -0.2) is 0 Å². The third kappa shape index (κ3) is 3.97. The zero-order valence-electron chi connectivity index (χ0n) is 12.3. The van der Waals surface area contributed by atoms with Crippen molar-refractivity contribution >= 4 is 0 Å². The number of ether oxygens (including phenoxy) is 1. The number of hydrogen-bond acceptors (Lipinski definition) is 2. The summed E-state index contributed by atoms with van der Waals surface area (Å²) < 4.78 is 83.9. The third-order valence-electron chi connectivity index (χ3n) is 4.11. The van der Waals surface area contributed by atoms with Gasteiger partial charge in [-0.3, -0.25) is 4.98 Å². The molecule has 2 nitrogen and oxygen atoms in total. The number of aromatic nitrogens is 1. The minimum Gasteiger partial charge on any atom is -0.350 e. The molecule has 0 aliphatic heterocycles. The van der Waals surface area contributed by atoms with Crippen LogP contribution in [0.1, 0.15) is 37.8 Å². The lowest BCUT2D eigenvalue weighted by Crippen LogP contribution is -2.53. The fourth-order valence-electron chi connectivity index (χ4n) is 3.15. The maximum atomic E-state index is 13.9. The van der Waals surface area contributed by atoms with Gasteiger partial charge in [0.2, 0.25) is 5.60 Å². The molecule has 0 N–H and O–H groups in total. The Labute approximate surface area is 129 Å². The van der Waals surface area contributed by atoms with Crippen molar-refractivity contribution in [1.82, 2.24) is 4.98 Å². The molecule has 0 amide bonds. The molecule has 0 bridgehead atoms. The summed E-state index contributed by atoms with van der Waals surface area (Å²) in [6, 6.07) is 3.82. The van der Waals surface area contributed by atoms with Crippen LogP contribution in [-0.4, -0.2) is 23.9 Å². The standard InChI is InChI=1S/C15H17F6NO/c16-13(17,18)10-23-14(15(19,20)21,11-6-2-1-3-7-11)12-8-4-5-9-22-12/h4-5,8-9,11H,1-3,6-7,10H2. The largest absolute Gasteiger partial charge is 0.423 e. The molecule has 8 heteroatoms. The van der Waals surface area contributed by atoms with Gasteiger partial charge < -0.3 is 4.74 Å². The first kappa shape index (κ1) is 18.0. The summed E-state index contributed by atoms with van der Waals surface area (Å²) in [5.41, 5.74) is -3.53. The van der Waals surface area contributed by atoms with Crippen LogP contribution in [0.4, 0.5) is 26.3 Å². The summed E-state index contributed by atoms with van der Waals surface area (Å²) in [7, 11) is 0. The van der Waals surface area contributed by atoms with Crippen LogP contribution < -0.4 is 0 Å². The van der Waals surface area contributed by atoms with Gasteiger partial charge in [-0.15, -0.1) is 0 Å². The van der Waals surface area contributed by atoms with Crippen LogP contribution in [0.3, 0.4) is 0 Å². The van der Waals surface area contributed by atoms with Gasteiger partial charge in [-0.05, 0) is 25.0 Å². The molecule has 0 saturated heterocycles. The normalized spacial score (nSPS) is 20.3. The Morgan fingerprint density at radius 3 is 2.13 bits per heavy atom. The number of rotatable bonds is 4. The average molecular weight is 341 g/mol.